The van der Waals surface area contributed by atoms with Gasteiger partial charge in [0.25, 0.3) is 10.0 Å². The van der Waals surface area contributed by atoms with Gasteiger partial charge in [0.1, 0.15) is 6.54 Å². The molecular formula is C21H26N2O3S. The quantitative estimate of drug-likeness (QED) is 0.791. The number of rotatable bonds is 5. The van der Waals surface area contributed by atoms with Crippen molar-refractivity contribution < 1.29 is 13.2 Å². The smallest absolute Gasteiger partial charge is 0.264 e. The van der Waals surface area contributed by atoms with Crippen molar-refractivity contribution in [1.82, 2.24) is 4.90 Å². The van der Waals surface area contributed by atoms with E-state index in [-0.39, 0.29) is 17.3 Å². The molecule has 6 heteroatoms. The van der Waals surface area contributed by atoms with Gasteiger partial charge in [-0.3, -0.25) is 9.10 Å². The Morgan fingerprint density at radius 1 is 1.11 bits per heavy atom. The Hall–Kier alpha value is -2.34. The lowest BCUT2D eigenvalue weighted by atomic mass is 10.0. The van der Waals surface area contributed by atoms with Gasteiger partial charge in [-0.25, -0.2) is 8.42 Å². The highest BCUT2D eigenvalue weighted by atomic mass is 32.2. The highest BCUT2D eigenvalue weighted by molar-refractivity contribution is 7.92. The topological polar surface area (TPSA) is 57.7 Å². The summed E-state index contributed by atoms with van der Waals surface area (Å²) in [6, 6.07) is 15.5. The van der Waals surface area contributed by atoms with Crippen LogP contribution in [-0.2, 0) is 14.8 Å². The Bertz CT molecular complexity index is 879. The van der Waals surface area contributed by atoms with Gasteiger partial charge in [-0.1, -0.05) is 42.8 Å². The Kier molecular flexibility index (Phi) is 5.85. The fourth-order valence-electron chi connectivity index (χ4n) is 3.39. The van der Waals surface area contributed by atoms with Gasteiger partial charge in [-0.2, -0.15) is 0 Å². The molecule has 5 nitrogen and oxygen atoms in total. The Labute approximate surface area is 161 Å². The fourth-order valence-corrected chi connectivity index (χ4v) is 4.80. The van der Waals surface area contributed by atoms with Gasteiger partial charge in [-0.15, -0.1) is 0 Å². The van der Waals surface area contributed by atoms with E-state index >= 15 is 0 Å². The molecule has 0 saturated carbocycles. The zero-order valence-electron chi connectivity index (χ0n) is 15.8. The molecule has 27 heavy (non-hydrogen) atoms. The van der Waals surface area contributed by atoms with Crippen LogP contribution >= 0.6 is 0 Å². The zero-order chi connectivity index (χ0) is 19.4. The molecule has 1 fully saturated rings. The molecule has 3 rings (SSSR count). The lowest BCUT2D eigenvalue weighted by molar-refractivity contribution is -0.131. The van der Waals surface area contributed by atoms with E-state index in [1.807, 2.05) is 13.0 Å². The molecule has 1 heterocycles. The predicted octanol–water partition coefficient (Wildman–Crippen LogP) is 3.45. The summed E-state index contributed by atoms with van der Waals surface area (Å²) in [4.78, 5) is 14.9. The maximum absolute atomic E-state index is 13.3. The largest absolute Gasteiger partial charge is 0.341 e. The monoisotopic (exact) mass is 386 g/mol. The van der Waals surface area contributed by atoms with Crippen molar-refractivity contribution in [1.29, 1.82) is 0 Å². The summed E-state index contributed by atoms with van der Waals surface area (Å²) in [5.41, 5.74) is 1.48. The lowest BCUT2D eigenvalue weighted by Gasteiger charge is -2.33. The SMILES string of the molecule is Cc1ccc(S(=O)(=O)N(CC(=O)N2CCC[C@@H](C)C2)c2ccccc2)cc1. The van der Waals surface area contributed by atoms with Crippen molar-refractivity contribution in [2.75, 3.05) is 23.9 Å². The molecule has 2 aromatic rings. The van der Waals surface area contributed by atoms with Crippen molar-refractivity contribution >= 4 is 21.6 Å². The summed E-state index contributed by atoms with van der Waals surface area (Å²) in [5.74, 6) is 0.294. The summed E-state index contributed by atoms with van der Waals surface area (Å²) in [5, 5.41) is 0. The third-order valence-electron chi connectivity index (χ3n) is 4.94. The number of sulfonamides is 1. The molecular weight excluding hydrogens is 360 g/mol. The van der Waals surface area contributed by atoms with Crippen LogP contribution in [0, 0.1) is 12.8 Å². The molecule has 0 spiro atoms. The van der Waals surface area contributed by atoms with Gasteiger partial charge in [0, 0.05) is 13.1 Å². The van der Waals surface area contributed by atoms with Gasteiger partial charge in [0.2, 0.25) is 5.91 Å². The van der Waals surface area contributed by atoms with E-state index in [2.05, 4.69) is 6.92 Å². The van der Waals surface area contributed by atoms with E-state index in [9.17, 15) is 13.2 Å². The molecule has 1 amide bonds. The van der Waals surface area contributed by atoms with Crippen LogP contribution in [-0.4, -0.2) is 38.9 Å². The average Bonchev–Trinajstić information content (AvgIpc) is 2.67. The first-order valence-electron chi connectivity index (χ1n) is 9.30. The van der Waals surface area contributed by atoms with Crippen molar-refractivity contribution in [3.8, 4) is 0 Å². The maximum Gasteiger partial charge on any atom is 0.264 e. The summed E-state index contributed by atoms with van der Waals surface area (Å²) in [7, 11) is -3.83. The highest BCUT2D eigenvalue weighted by Gasteiger charge is 2.30. The Balaban J connectivity index is 1.92. The molecule has 144 valence electrons. The van der Waals surface area contributed by atoms with E-state index in [1.165, 1.54) is 4.31 Å². The molecule has 1 atom stereocenters. The number of anilines is 1. The second-order valence-corrected chi connectivity index (χ2v) is 9.11. The van der Waals surface area contributed by atoms with Crippen LogP contribution in [0.2, 0.25) is 0 Å². The second kappa shape index (κ2) is 8.13. The number of carbonyl (C=O) groups is 1. The van der Waals surface area contributed by atoms with E-state index in [1.54, 1.807) is 53.4 Å². The van der Waals surface area contributed by atoms with Gasteiger partial charge < -0.3 is 4.90 Å². The molecule has 0 aromatic heterocycles. The van der Waals surface area contributed by atoms with Crippen molar-refractivity contribution in [2.24, 2.45) is 5.92 Å². The van der Waals surface area contributed by atoms with Crippen LogP contribution < -0.4 is 4.31 Å². The average molecular weight is 387 g/mol. The first-order chi connectivity index (χ1) is 12.9. The number of aryl methyl sites for hydroxylation is 1. The van der Waals surface area contributed by atoms with E-state index < -0.39 is 10.0 Å². The minimum Gasteiger partial charge on any atom is -0.341 e. The fraction of sp³-hybridized carbons (Fsp3) is 0.381. The third kappa shape index (κ3) is 4.50. The summed E-state index contributed by atoms with van der Waals surface area (Å²) in [6.45, 7) is 5.22. The highest BCUT2D eigenvalue weighted by Crippen LogP contribution is 2.24. The molecule has 1 aliphatic heterocycles. The van der Waals surface area contributed by atoms with Gasteiger partial charge >= 0.3 is 0 Å². The number of para-hydroxylation sites is 1. The van der Waals surface area contributed by atoms with Crippen molar-refractivity contribution in [2.45, 2.75) is 31.6 Å². The van der Waals surface area contributed by atoms with E-state index in [4.69, 9.17) is 0 Å². The molecule has 1 aliphatic rings. The number of hydrogen-bond donors (Lipinski definition) is 0. The number of carbonyl (C=O) groups excluding carboxylic acids is 1. The first kappa shape index (κ1) is 19.4. The van der Waals surface area contributed by atoms with Crippen LogP contribution in [0.1, 0.15) is 25.3 Å². The van der Waals surface area contributed by atoms with Crippen molar-refractivity contribution in [3.05, 3.63) is 60.2 Å². The van der Waals surface area contributed by atoms with Gasteiger partial charge in [-0.05, 0) is 49.9 Å². The maximum atomic E-state index is 13.3. The molecule has 0 bridgehead atoms. The van der Waals surface area contributed by atoms with Crippen molar-refractivity contribution in [3.63, 3.8) is 0 Å². The summed E-state index contributed by atoms with van der Waals surface area (Å²) < 4.78 is 27.8. The number of benzene rings is 2. The van der Waals surface area contributed by atoms with Crippen LogP contribution in [0.4, 0.5) is 5.69 Å². The predicted molar refractivity (Wildman–Crippen MR) is 107 cm³/mol. The second-order valence-electron chi connectivity index (χ2n) is 7.25. The first-order valence-corrected chi connectivity index (χ1v) is 10.7. The lowest BCUT2D eigenvalue weighted by Crippen LogP contribution is -2.46. The molecule has 1 saturated heterocycles. The zero-order valence-corrected chi connectivity index (χ0v) is 16.7. The number of amides is 1. The van der Waals surface area contributed by atoms with Crippen LogP contribution in [0.25, 0.3) is 0 Å². The Morgan fingerprint density at radius 3 is 2.41 bits per heavy atom. The van der Waals surface area contributed by atoms with Crippen LogP contribution in [0.5, 0.6) is 0 Å². The number of nitrogens with zero attached hydrogens (tertiary/aromatic N) is 2. The minimum absolute atomic E-state index is 0.152. The van der Waals surface area contributed by atoms with Gasteiger partial charge in [0.15, 0.2) is 0 Å². The van der Waals surface area contributed by atoms with E-state index in [0.29, 0.717) is 24.7 Å². The number of hydrogen-bond acceptors (Lipinski definition) is 3. The normalized spacial score (nSPS) is 17.6. The number of piperidine rings is 1. The molecule has 0 N–H and O–H groups in total. The molecule has 0 radical (unpaired) electrons. The number of likely N-dealkylation sites (tertiary alicyclic amines) is 1. The molecule has 2 aromatic carbocycles. The standard InChI is InChI=1S/C21H26N2O3S/c1-17-10-12-20(13-11-17)27(25,26)23(19-8-4-3-5-9-19)16-21(24)22-14-6-7-18(2)15-22/h3-5,8-13,18H,6-7,14-16H2,1-2H3/t18-/m1/s1. The van der Waals surface area contributed by atoms with Gasteiger partial charge in [0.05, 0.1) is 10.6 Å². The minimum atomic E-state index is -3.83. The summed E-state index contributed by atoms with van der Waals surface area (Å²) >= 11 is 0. The Morgan fingerprint density at radius 2 is 1.78 bits per heavy atom. The van der Waals surface area contributed by atoms with E-state index in [0.717, 1.165) is 18.4 Å². The molecule has 0 unspecified atom stereocenters. The third-order valence-corrected chi connectivity index (χ3v) is 6.73. The molecule has 0 aliphatic carbocycles. The van der Waals surface area contributed by atoms with Crippen LogP contribution in [0.15, 0.2) is 59.5 Å². The van der Waals surface area contributed by atoms with Crippen LogP contribution in [0.3, 0.4) is 0 Å². The summed E-state index contributed by atoms with van der Waals surface area (Å²) in [6.07, 6.45) is 2.07.